The zero-order valence-electron chi connectivity index (χ0n) is 16.1. The number of halogens is 1. The predicted octanol–water partition coefficient (Wildman–Crippen LogP) is 4.26. The molecule has 0 spiro atoms. The number of fused-ring (bicyclic) bond motifs is 1. The van der Waals surface area contributed by atoms with Gasteiger partial charge in [-0.05, 0) is 67.8 Å². The molecule has 1 heterocycles. The molecule has 1 N–H and O–H groups in total. The Morgan fingerprint density at radius 1 is 1.11 bits per heavy atom. The third-order valence-corrected chi connectivity index (χ3v) is 4.89. The molecule has 0 unspecified atom stereocenters. The molecule has 0 aliphatic carbocycles. The molecular formula is C21H23ClN2O4. The van der Waals surface area contributed by atoms with Gasteiger partial charge in [-0.15, -0.1) is 0 Å². The maximum Gasteiger partial charge on any atom is 0.409 e. The fourth-order valence-electron chi connectivity index (χ4n) is 3.05. The van der Waals surface area contributed by atoms with Crippen molar-refractivity contribution in [3.05, 3.63) is 58.6 Å². The number of hydrogen-bond donors (Lipinski definition) is 1. The highest BCUT2D eigenvalue weighted by Crippen LogP contribution is 2.25. The van der Waals surface area contributed by atoms with Crippen molar-refractivity contribution in [1.29, 1.82) is 0 Å². The molecule has 0 saturated heterocycles. The van der Waals surface area contributed by atoms with Gasteiger partial charge in [0, 0.05) is 23.8 Å². The van der Waals surface area contributed by atoms with Crippen LogP contribution in [0.3, 0.4) is 0 Å². The van der Waals surface area contributed by atoms with Gasteiger partial charge in [0.1, 0.15) is 5.75 Å². The van der Waals surface area contributed by atoms with E-state index in [1.807, 2.05) is 18.2 Å². The second-order valence-corrected chi connectivity index (χ2v) is 7.58. The fourth-order valence-corrected chi connectivity index (χ4v) is 3.17. The highest BCUT2D eigenvalue weighted by molar-refractivity contribution is 6.30. The van der Waals surface area contributed by atoms with Gasteiger partial charge in [-0.3, -0.25) is 4.79 Å². The minimum atomic E-state index is -1.08. The van der Waals surface area contributed by atoms with Crippen molar-refractivity contribution >= 4 is 29.3 Å². The van der Waals surface area contributed by atoms with Crippen molar-refractivity contribution in [2.75, 3.05) is 19.0 Å². The van der Waals surface area contributed by atoms with E-state index in [4.69, 9.17) is 21.1 Å². The third-order valence-electron chi connectivity index (χ3n) is 4.64. The Morgan fingerprint density at radius 2 is 1.82 bits per heavy atom. The molecule has 3 rings (SSSR count). The van der Waals surface area contributed by atoms with Crippen molar-refractivity contribution in [3.8, 4) is 5.75 Å². The van der Waals surface area contributed by atoms with Crippen molar-refractivity contribution in [1.82, 2.24) is 4.90 Å². The first-order valence-corrected chi connectivity index (χ1v) is 9.37. The van der Waals surface area contributed by atoms with Gasteiger partial charge in [0.05, 0.1) is 7.11 Å². The minimum absolute atomic E-state index is 0.275. The quantitative estimate of drug-likeness (QED) is 0.829. The van der Waals surface area contributed by atoms with Crippen LogP contribution < -0.4 is 10.1 Å². The van der Waals surface area contributed by atoms with E-state index < -0.39 is 5.60 Å². The molecule has 2 amide bonds. The Balaban J connectivity index is 1.70. The van der Waals surface area contributed by atoms with Crippen molar-refractivity contribution in [3.63, 3.8) is 0 Å². The average molecular weight is 403 g/mol. The lowest BCUT2D eigenvalue weighted by Crippen LogP contribution is -2.42. The van der Waals surface area contributed by atoms with E-state index in [0.29, 0.717) is 29.5 Å². The SMILES string of the molecule is COC(=O)N1CCc2ccc(NC(=O)C(C)(C)Oc3ccc(Cl)cc3)cc2C1. The van der Waals surface area contributed by atoms with E-state index in [1.54, 1.807) is 43.0 Å². The molecule has 6 nitrogen and oxygen atoms in total. The zero-order valence-corrected chi connectivity index (χ0v) is 16.9. The summed E-state index contributed by atoms with van der Waals surface area (Å²) in [4.78, 5) is 26.2. The first kappa shape index (κ1) is 20.0. The molecular weight excluding hydrogens is 380 g/mol. The number of nitrogens with one attached hydrogen (secondary N) is 1. The summed E-state index contributed by atoms with van der Waals surface area (Å²) in [7, 11) is 1.37. The van der Waals surface area contributed by atoms with Gasteiger partial charge in [0.25, 0.3) is 5.91 Å². The highest BCUT2D eigenvalue weighted by Gasteiger charge is 2.30. The Labute approximate surface area is 169 Å². The van der Waals surface area contributed by atoms with E-state index in [0.717, 1.165) is 17.5 Å². The summed E-state index contributed by atoms with van der Waals surface area (Å²) in [6.07, 6.45) is 0.404. The molecule has 1 aliphatic heterocycles. The monoisotopic (exact) mass is 402 g/mol. The van der Waals surface area contributed by atoms with E-state index in [9.17, 15) is 9.59 Å². The van der Waals surface area contributed by atoms with E-state index in [1.165, 1.54) is 7.11 Å². The molecule has 0 atom stereocenters. The molecule has 0 fully saturated rings. The van der Waals surface area contributed by atoms with Gasteiger partial charge in [-0.25, -0.2) is 4.79 Å². The number of methoxy groups -OCH3 is 1. The van der Waals surface area contributed by atoms with Crippen LogP contribution in [0.15, 0.2) is 42.5 Å². The standard InChI is InChI=1S/C21H23ClN2O4/c1-21(2,28-18-8-5-16(22)6-9-18)19(25)23-17-7-4-14-10-11-24(20(26)27-3)13-15(14)12-17/h4-9,12H,10-11,13H2,1-3H3,(H,23,25). The van der Waals surface area contributed by atoms with Crippen LogP contribution in [-0.4, -0.2) is 36.2 Å². The summed E-state index contributed by atoms with van der Waals surface area (Å²) in [5, 5.41) is 3.50. The molecule has 28 heavy (non-hydrogen) atoms. The van der Waals surface area contributed by atoms with E-state index in [2.05, 4.69) is 5.32 Å². The van der Waals surface area contributed by atoms with Gasteiger partial charge in [0.15, 0.2) is 5.60 Å². The fraction of sp³-hybridized carbons (Fsp3) is 0.333. The molecule has 2 aromatic rings. The Hall–Kier alpha value is -2.73. The van der Waals surface area contributed by atoms with Gasteiger partial charge in [0.2, 0.25) is 0 Å². The molecule has 1 aliphatic rings. The van der Waals surface area contributed by atoms with Crippen LogP contribution in [0, 0.1) is 0 Å². The topological polar surface area (TPSA) is 67.9 Å². The summed E-state index contributed by atoms with van der Waals surface area (Å²) >= 11 is 5.88. The van der Waals surface area contributed by atoms with Crippen LogP contribution in [0.4, 0.5) is 10.5 Å². The number of amides is 2. The lowest BCUT2D eigenvalue weighted by Gasteiger charge is -2.28. The van der Waals surface area contributed by atoms with Crippen molar-refractivity contribution < 1.29 is 19.1 Å². The minimum Gasteiger partial charge on any atom is -0.478 e. The summed E-state index contributed by atoms with van der Waals surface area (Å²) < 4.78 is 10.6. The first-order valence-electron chi connectivity index (χ1n) is 8.99. The maximum atomic E-state index is 12.7. The molecule has 2 aromatic carbocycles. The van der Waals surface area contributed by atoms with Gasteiger partial charge >= 0.3 is 6.09 Å². The Morgan fingerprint density at radius 3 is 2.50 bits per heavy atom. The number of carbonyl (C=O) groups is 2. The number of nitrogens with zero attached hydrogens (tertiary/aromatic N) is 1. The zero-order chi connectivity index (χ0) is 20.3. The Kier molecular flexibility index (Phi) is 5.79. The van der Waals surface area contributed by atoms with Gasteiger partial charge < -0.3 is 19.7 Å². The van der Waals surface area contributed by atoms with Gasteiger partial charge in [-0.2, -0.15) is 0 Å². The third kappa shape index (κ3) is 4.57. The predicted molar refractivity (Wildman–Crippen MR) is 108 cm³/mol. The second kappa shape index (κ2) is 8.10. The van der Waals surface area contributed by atoms with Crippen LogP contribution in [0.25, 0.3) is 0 Å². The number of carbonyl (C=O) groups excluding carboxylic acids is 2. The number of ether oxygens (including phenoxy) is 2. The first-order chi connectivity index (χ1) is 13.3. The lowest BCUT2D eigenvalue weighted by molar-refractivity contribution is -0.128. The molecule has 0 aromatic heterocycles. The van der Waals surface area contributed by atoms with Crippen LogP contribution in [0.1, 0.15) is 25.0 Å². The number of hydrogen-bond acceptors (Lipinski definition) is 4. The van der Waals surface area contributed by atoms with Crippen LogP contribution in [-0.2, 0) is 22.5 Å². The summed E-state index contributed by atoms with van der Waals surface area (Å²) in [6, 6.07) is 12.6. The van der Waals surface area contributed by atoms with Crippen LogP contribution >= 0.6 is 11.6 Å². The summed E-state index contributed by atoms with van der Waals surface area (Å²) in [5.41, 5.74) is 1.73. The molecule has 0 radical (unpaired) electrons. The number of benzene rings is 2. The highest BCUT2D eigenvalue weighted by atomic mass is 35.5. The normalized spacial score (nSPS) is 13.5. The Bertz CT molecular complexity index is 880. The maximum absolute atomic E-state index is 12.7. The molecule has 0 bridgehead atoms. The van der Waals surface area contributed by atoms with E-state index in [-0.39, 0.29) is 12.0 Å². The number of anilines is 1. The van der Waals surface area contributed by atoms with Crippen LogP contribution in [0.2, 0.25) is 5.02 Å². The molecule has 7 heteroatoms. The van der Waals surface area contributed by atoms with Gasteiger partial charge in [-0.1, -0.05) is 17.7 Å². The largest absolute Gasteiger partial charge is 0.478 e. The summed E-state index contributed by atoms with van der Waals surface area (Å²) in [5.74, 6) is 0.284. The van der Waals surface area contributed by atoms with Crippen molar-refractivity contribution in [2.24, 2.45) is 0 Å². The molecule has 148 valence electrons. The summed E-state index contributed by atoms with van der Waals surface area (Å²) in [6.45, 7) is 4.48. The average Bonchev–Trinajstić information content (AvgIpc) is 2.68. The molecule has 0 saturated carbocycles. The lowest BCUT2D eigenvalue weighted by atomic mass is 9.99. The number of rotatable bonds is 4. The smallest absolute Gasteiger partial charge is 0.409 e. The second-order valence-electron chi connectivity index (χ2n) is 7.15. The van der Waals surface area contributed by atoms with Crippen LogP contribution in [0.5, 0.6) is 5.75 Å². The van der Waals surface area contributed by atoms with E-state index >= 15 is 0 Å². The van der Waals surface area contributed by atoms with Crippen molar-refractivity contribution in [2.45, 2.75) is 32.4 Å².